The molecule has 1 aliphatic rings. The van der Waals surface area contributed by atoms with E-state index in [0.717, 1.165) is 17.7 Å². The van der Waals surface area contributed by atoms with Crippen molar-refractivity contribution < 1.29 is 4.79 Å². The Hall–Kier alpha value is -2.63. The Labute approximate surface area is 128 Å². The average molecular weight is 298 g/mol. The summed E-state index contributed by atoms with van der Waals surface area (Å²) >= 11 is 0. The molecule has 1 fully saturated rings. The number of para-hydroxylation sites is 1. The van der Waals surface area contributed by atoms with Crippen LogP contribution < -0.4 is 16.2 Å². The second kappa shape index (κ2) is 6.01. The molecular formula is C16H18N4O2. The van der Waals surface area contributed by atoms with Gasteiger partial charge in [-0.1, -0.05) is 18.2 Å². The van der Waals surface area contributed by atoms with Gasteiger partial charge < -0.3 is 15.6 Å². The number of hydrogen-bond acceptors (Lipinski definition) is 4. The minimum Gasteiger partial charge on any atom is -0.379 e. The lowest BCUT2D eigenvalue weighted by molar-refractivity contribution is -0.119. The Balaban J connectivity index is 1.78. The maximum atomic E-state index is 11.5. The molecular weight excluding hydrogens is 280 g/mol. The Kier molecular flexibility index (Phi) is 3.91. The average Bonchev–Trinajstić information content (AvgIpc) is 2.91. The molecule has 1 amide bonds. The summed E-state index contributed by atoms with van der Waals surface area (Å²) in [5.41, 5.74) is 2.55. The number of H-pyrrole nitrogens is 1. The van der Waals surface area contributed by atoms with E-state index >= 15 is 0 Å². The summed E-state index contributed by atoms with van der Waals surface area (Å²) in [7, 11) is 0. The lowest BCUT2D eigenvalue weighted by atomic mass is 10.0. The van der Waals surface area contributed by atoms with Gasteiger partial charge in [0.2, 0.25) is 5.91 Å². The Bertz CT molecular complexity index is 754. The van der Waals surface area contributed by atoms with Gasteiger partial charge >= 0.3 is 0 Å². The molecule has 2 aromatic rings. The summed E-state index contributed by atoms with van der Waals surface area (Å²) in [4.78, 5) is 29.8. The third-order valence-electron chi connectivity index (χ3n) is 3.70. The highest BCUT2D eigenvalue weighted by atomic mass is 16.2. The molecule has 3 N–H and O–H groups in total. The molecule has 114 valence electrons. The van der Waals surface area contributed by atoms with Crippen LogP contribution in [-0.4, -0.2) is 15.9 Å². The zero-order chi connectivity index (χ0) is 15.5. The third-order valence-corrected chi connectivity index (χ3v) is 3.70. The number of nitrogens with zero attached hydrogens (tertiary/aromatic N) is 1. The lowest BCUT2D eigenvalue weighted by Crippen LogP contribution is -2.19. The fourth-order valence-corrected chi connectivity index (χ4v) is 2.73. The number of carbonyl (C=O) groups is 1. The van der Waals surface area contributed by atoms with Crippen LogP contribution in [0.5, 0.6) is 0 Å². The van der Waals surface area contributed by atoms with E-state index in [9.17, 15) is 9.59 Å². The first kappa shape index (κ1) is 14.3. The number of rotatable bonds is 4. The van der Waals surface area contributed by atoms with Crippen LogP contribution in [0.4, 0.5) is 5.69 Å². The van der Waals surface area contributed by atoms with Crippen LogP contribution in [0, 0.1) is 6.92 Å². The molecule has 1 aromatic heterocycles. The summed E-state index contributed by atoms with van der Waals surface area (Å²) in [6.07, 6.45) is 1.37. The quantitative estimate of drug-likeness (QED) is 0.801. The zero-order valence-corrected chi connectivity index (χ0v) is 12.3. The molecule has 1 aliphatic heterocycles. The highest BCUT2D eigenvalue weighted by Crippen LogP contribution is 2.29. The van der Waals surface area contributed by atoms with Crippen molar-refractivity contribution in [2.75, 3.05) is 5.32 Å². The molecule has 0 aliphatic carbocycles. The number of amides is 1. The van der Waals surface area contributed by atoms with Gasteiger partial charge in [-0.15, -0.1) is 0 Å². The van der Waals surface area contributed by atoms with Crippen molar-refractivity contribution in [1.29, 1.82) is 0 Å². The van der Waals surface area contributed by atoms with E-state index in [1.54, 1.807) is 6.92 Å². The first-order valence-corrected chi connectivity index (χ1v) is 7.31. The van der Waals surface area contributed by atoms with Crippen molar-refractivity contribution in [3.63, 3.8) is 0 Å². The van der Waals surface area contributed by atoms with Crippen molar-refractivity contribution in [3.8, 4) is 0 Å². The number of hydrogen-bond donors (Lipinski definition) is 3. The molecule has 1 saturated heterocycles. The van der Waals surface area contributed by atoms with E-state index in [0.29, 0.717) is 24.5 Å². The van der Waals surface area contributed by atoms with Crippen LogP contribution in [0.2, 0.25) is 0 Å². The summed E-state index contributed by atoms with van der Waals surface area (Å²) in [5, 5.41) is 6.29. The standard InChI is InChI=1S/C16H18N4O2/c1-10-18-11(8-16(22)19-10)9-17-13-5-3-2-4-12(13)14-6-7-15(21)20-14/h2-5,8,14,17H,6-7,9H2,1H3,(H,20,21)(H,18,19,22). The zero-order valence-electron chi connectivity index (χ0n) is 12.3. The van der Waals surface area contributed by atoms with E-state index in [-0.39, 0.29) is 17.5 Å². The molecule has 1 atom stereocenters. The van der Waals surface area contributed by atoms with Crippen LogP contribution in [0.1, 0.15) is 36.0 Å². The number of anilines is 1. The topological polar surface area (TPSA) is 86.9 Å². The van der Waals surface area contributed by atoms with E-state index < -0.39 is 0 Å². The number of aromatic amines is 1. The van der Waals surface area contributed by atoms with Crippen molar-refractivity contribution in [2.24, 2.45) is 0 Å². The van der Waals surface area contributed by atoms with Gasteiger partial charge in [0.15, 0.2) is 0 Å². The maximum absolute atomic E-state index is 11.5. The molecule has 0 radical (unpaired) electrons. The predicted molar refractivity (Wildman–Crippen MR) is 83.5 cm³/mol. The molecule has 0 spiro atoms. The highest BCUT2D eigenvalue weighted by molar-refractivity contribution is 5.79. The van der Waals surface area contributed by atoms with E-state index in [4.69, 9.17) is 0 Å². The predicted octanol–water partition coefficient (Wildman–Crippen LogP) is 1.64. The van der Waals surface area contributed by atoms with Gasteiger partial charge in [0.05, 0.1) is 18.3 Å². The molecule has 6 nitrogen and oxygen atoms in total. The van der Waals surface area contributed by atoms with Crippen LogP contribution in [0.3, 0.4) is 0 Å². The van der Waals surface area contributed by atoms with Gasteiger partial charge in [0.25, 0.3) is 5.56 Å². The second-order valence-corrected chi connectivity index (χ2v) is 5.42. The number of nitrogens with one attached hydrogen (secondary N) is 3. The van der Waals surface area contributed by atoms with Crippen LogP contribution >= 0.6 is 0 Å². The van der Waals surface area contributed by atoms with Crippen LogP contribution in [0.15, 0.2) is 35.1 Å². The van der Waals surface area contributed by atoms with Crippen molar-refractivity contribution in [2.45, 2.75) is 32.4 Å². The number of benzene rings is 1. The Morgan fingerprint density at radius 2 is 2.14 bits per heavy atom. The van der Waals surface area contributed by atoms with Gasteiger partial charge in [-0.05, 0) is 25.0 Å². The van der Waals surface area contributed by atoms with Gasteiger partial charge in [-0.2, -0.15) is 0 Å². The molecule has 1 unspecified atom stereocenters. The summed E-state index contributed by atoms with van der Waals surface area (Å²) in [5.74, 6) is 0.687. The van der Waals surface area contributed by atoms with Crippen molar-refractivity contribution in [3.05, 3.63) is 57.8 Å². The second-order valence-electron chi connectivity index (χ2n) is 5.42. The first-order valence-electron chi connectivity index (χ1n) is 7.31. The molecule has 0 saturated carbocycles. The Morgan fingerprint density at radius 1 is 1.32 bits per heavy atom. The van der Waals surface area contributed by atoms with Gasteiger partial charge in [-0.3, -0.25) is 9.59 Å². The lowest BCUT2D eigenvalue weighted by Gasteiger charge is -2.16. The molecule has 3 rings (SSSR count). The molecule has 22 heavy (non-hydrogen) atoms. The monoisotopic (exact) mass is 298 g/mol. The van der Waals surface area contributed by atoms with E-state index in [1.165, 1.54) is 6.07 Å². The molecule has 0 bridgehead atoms. The highest BCUT2D eigenvalue weighted by Gasteiger charge is 2.24. The van der Waals surface area contributed by atoms with Gasteiger partial charge in [-0.25, -0.2) is 4.98 Å². The summed E-state index contributed by atoms with van der Waals surface area (Å²) < 4.78 is 0. The Morgan fingerprint density at radius 3 is 2.86 bits per heavy atom. The fraction of sp³-hybridized carbons (Fsp3) is 0.312. The number of aromatic nitrogens is 2. The number of carbonyl (C=O) groups excluding carboxylic acids is 1. The SMILES string of the molecule is Cc1nc(CNc2ccccc2C2CCC(=O)N2)cc(=O)[nH]1. The minimum absolute atomic E-state index is 0.0464. The van der Waals surface area contributed by atoms with Crippen molar-refractivity contribution in [1.82, 2.24) is 15.3 Å². The molecule has 1 aromatic carbocycles. The van der Waals surface area contributed by atoms with Gasteiger partial charge in [0.1, 0.15) is 5.82 Å². The molecule has 6 heteroatoms. The van der Waals surface area contributed by atoms with E-state index in [1.807, 2.05) is 24.3 Å². The normalized spacial score (nSPS) is 17.3. The third kappa shape index (κ3) is 3.16. The van der Waals surface area contributed by atoms with Crippen LogP contribution in [0.25, 0.3) is 0 Å². The summed E-state index contributed by atoms with van der Waals surface area (Å²) in [6, 6.07) is 9.42. The smallest absolute Gasteiger partial charge is 0.251 e. The maximum Gasteiger partial charge on any atom is 0.251 e. The number of aryl methyl sites for hydroxylation is 1. The van der Waals surface area contributed by atoms with Gasteiger partial charge in [0, 0.05) is 18.2 Å². The fourth-order valence-electron chi connectivity index (χ4n) is 2.73. The largest absolute Gasteiger partial charge is 0.379 e. The van der Waals surface area contributed by atoms with Crippen LogP contribution in [-0.2, 0) is 11.3 Å². The van der Waals surface area contributed by atoms with Crippen molar-refractivity contribution >= 4 is 11.6 Å². The molecule has 2 heterocycles. The first-order chi connectivity index (χ1) is 10.6. The summed E-state index contributed by atoms with van der Waals surface area (Å²) in [6.45, 7) is 2.22. The van der Waals surface area contributed by atoms with E-state index in [2.05, 4.69) is 20.6 Å². The minimum atomic E-state index is -0.152.